The molecule has 1 aliphatic rings. The van der Waals surface area contributed by atoms with Crippen molar-refractivity contribution in [2.75, 3.05) is 26.2 Å². The number of nitrogens with zero attached hydrogens (tertiary/aromatic N) is 5. The molecule has 3 aromatic heterocycles. The van der Waals surface area contributed by atoms with Gasteiger partial charge in [-0.3, -0.25) is 9.20 Å². The number of hydrogen-bond donors (Lipinski definition) is 1. The van der Waals surface area contributed by atoms with Gasteiger partial charge in [-0.2, -0.15) is 0 Å². The van der Waals surface area contributed by atoms with Crippen LogP contribution in [-0.4, -0.2) is 55.9 Å². The van der Waals surface area contributed by atoms with E-state index in [0.717, 1.165) is 36.7 Å². The fraction of sp³-hybridized carbons (Fsp3) is 0.476. The van der Waals surface area contributed by atoms with Gasteiger partial charge in [0.15, 0.2) is 11.5 Å². The summed E-state index contributed by atoms with van der Waals surface area (Å²) in [6.45, 7) is 10.0. The lowest BCUT2D eigenvalue weighted by molar-refractivity contribution is 0.0947. The largest absolute Gasteiger partial charge is 0.349 e. The topological polar surface area (TPSA) is 67.5 Å². The Morgan fingerprint density at radius 3 is 2.71 bits per heavy atom. The van der Waals surface area contributed by atoms with Crippen molar-refractivity contribution < 1.29 is 4.79 Å². The Bertz CT molecular complexity index is 980. The van der Waals surface area contributed by atoms with Gasteiger partial charge in [0.25, 0.3) is 5.91 Å². The Hall–Kier alpha value is -2.67. The van der Waals surface area contributed by atoms with Crippen LogP contribution >= 0.6 is 0 Å². The molecule has 1 N–H and O–H groups in total. The Kier molecular flexibility index (Phi) is 5.17. The quantitative estimate of drug-likeness (QED) is 0.714. The highest BCUT2D eigenvalue weighted by atomic mass is 16.1. The zero-order valence-electron chi connectivity index (χ0n) is 16.9. The molecular formula is C21H28N6O. The molecule has 0 aromatic carbocycles. The number of nitrogens with one attached hydrogen (secondary N) is 1. The molecule has 28 heavy (non-hydrogen) atoms. The first-order chi connectivity index (χ1) is 13.5. The van der Waals surface area contributed by atoms with Crippen LogP contribution < -0.4 is 5.32 Å². The summed E-state index contributed by atoms with van der Waals surface area (Å²) in [5.41, 5.74) is 2.03. The summed E-state index contributed by atoms with van der Waals surface area (Å²) in [7, 11) is 0. The van der Waals surface area contributed by atoms with Gasteiger partial charge in [-0.05, 0) is 58.8 Å². The number of likely N-dealkylation sites (tertiary alicyclic amines) is 1. The number of carbonyl (C=O) groups is 1. The summed E-state index contributed by atoms with van der Waals surface area (Å²) in [4.78, 5) is 24.6. The van der Waals surface area contributed by atoms with Crippen molar-refractivity contribution in [1.82, 2.24) is 29.2 Å². The van der Waals surface area contributed by atoms with Gasteiger partial charge >= 0.3 is 0 Å². The number of aryl methyl sites for hydroxylation is 1. The van der Waals surface area contributed by atoms with Crippen LogP contribution in [-0.2, 0) is 0 Å². The smallest absolute Gasteiger partial charge is 0.272 e. The number of imidazole rings is 2. The highest BCUT2D eigenvalue weighted by molar-refractivity contribution is 5.99. The predicted molar refractivity (Wildman–Crippen MR) is 110 cm³/mol. The third-order valence-corrected chi connectivity index (χ3v) is 5.38. The fourth-order valence-corrected chi connectivity index (χ4v) is 3.92. The van der Waals surface area contributed by atoms with E-state index in [1.165, 1.54) is 12.8 Å². The minimum Gasteiger partial charge on any atom is -0.349 e. The van der Waals surface area contributed by atoms with E-state index in [-0.39, 0.29) is 5.91 Å². The third kappa shape index (κ3) is 3.54. The van der Waals surface area contributed by atoms with Gasteiger partial charge in [0.1, 0.15) is 11.5 Å². The van der Waals surface area contributed by atoms with E-state index in [9.17, 15) is 4.79 Å². The van der Waals surface area contributed by atoms with Crippen LogP contribution in [0.2, 0.25) is 0 Å². The zero-order chi connectivity index (χ0) is 19.7. The van der Waals surface area contributed by atoms with Gasteiger partial charge < -0.3 is 14.8 Å². The molecule has 1 aliphatic heterocycles. The molecule has 7 nitrogen and oxygen atoms in total. The first-order valence-corrected chi connectivity index (χ1v) is 10.1. The molecule has 0 unspecified atom stereocenters. The van der Waals surface area contributed by atoms with Crippen LogP contribution in [0.4, 0.5) is 0 Å². The molecule has 3 aromatic rings. The Balaban J connectivity index is 1.61. The number of aromatic nitrogens is 4. The first-order valence-electron chi connectivity index (χ1n) is 10.1. The van der Waals surface area contributed by atoms with E-state index in [1.54, 1.807) is 0 Å². The van der Waals surface area contributed by atoms with Crippen molar-refractivity contribution in [3.05, 3.63) is 42.1 Å². The number of carbonyl (C=O) groups excluding carboxylic acids is 1. The maximum absolute atomic E-state index is 12.8. The molecule has 4 rings (SSSR count). The second kappa shape index (κ2) is 7.75. The van der Waals surface area contributed by atoms with E-state index in [2.05, 4.69) is 38.6 Å². The predicted octanol–water partition coefficient (Wildman–Crippen LogP) is 2.91. The van der Waals surface area contributed by atoms with Crippen molar-refractivity contribution in [2.45, 2.75) is 39.7 Å². The van der Waals surface area contributed by atoms with Crippen LogP contribution in [0.1, 0.15) is 49.0 Å². The molecule has 0 radical (unpaired) electrons. The van der Waals surface area contributed by atoms with E-state index in [4.69, 9.17) is 0 Å². The van der Waals surface area contributed by atoms with Crippen molar-refractivity contribution in [3.8, 4) is 11.5 Å². The van der Waals surface area contributed by atoms with Crippen LogP contribution in [0.5, 0.6) is 0 Å². The molecule has 1 amide bonds. The van der Waals surface area contributed by atoms with Crippen molar-refractivity contribution in [2.24, 2.45) is 0 Å². The molecule has 1 saturated heterocycles. The lowest BCUT2D eigenvalue weighted by Gasteiger charge is -2.14. The average Bonchev–Trinajstić information content (AvgIpc) is 3.39. The number of rotatable bonds is 6. The second-order valence-electron chi connectivity index (χ2n) is 7.72. The van der Waals surface area contributed by atoms with Gasteiger partial charge in [-0.25, -0.2) is 9.97 Å². The number of amides is 1. The fourth-order valence-electron chi connectivity index (χ4n) is 3.92. The molecule has 0 aliphatic carbocycles. The minimum absolute atomic E-state index is 0.130. The summed E-state index contributed by atoms with van der Waals surface area (Å²) >= 11 is 0. The first kappa shape index (κ1) is 18.7. The SMILES string of the molecule is Cc1nc(-c2nc(C(=O)NCCN3CCCC3)c3ccccn23)cn1C(C)C. The monoisotopic (exact) mass is 380 g/mol. The van der Waals surface area contributed by atoms with Crippen LogP contribution in [0.15, 0.2) is 30.6 Å². The van der Waals surface area contributed by atoms with Crippen molar-refractivity contribution >= 4 is 11.4 Å². The molecule has 0 atom stereocenters. The van der Waals surface area contributed by atoms with Gasteiger partial charge in [-0.1, -0.05) is 6.07 Å². The van der Waals surface area contributed by atoms with Crippen molar-refractivity contribution in [1.29, 1.82) is 0 Å². The molecular weight excluding hydrogens is 352 g/mol. The Morgan fingerprint density at radius 2 is 2.00 bits per heavy atom. The molecule has 1 fully saturated rings. The highest BCUT2D eigenvalue weighted by Gasteiger charge is 2.21. The highest BCUT2D eigenvalue weighted by Crippen LogP contribution is 2.24. The molecule has 0 bridgehead atoms. The van der Waals surface area contributed by atoms with E-state index in [0.29, 0.717) is 24.1 Å². The summed E-state index contributed by atoms with van der Waals surface area (Å²) < 4.78 is 4.07. The normalized spacial score (nSPS) is 15.0. The third-order valence-electron chi connectivity index (χ3n) is 5.38. The second-order valence-corrected chi connectivity index (χ2v) is 7.72. The van der Waals surface area contributed by atoms with Gasteiger partial charge in [0.2, 0.25) is 0 Å². The van der Waals surface area contributed by atoms with E-state index >= 15 is 0 Å². The standard InChI is InChI=1S/C21H28N6O/c1-15(2)27-14-17(23-16(27)3)20-24-19(18-8-4-5-12-26(18)20)21(28)22-9-13-25-10-6-7-11-25/h4-5,8,12,14-15H,6-7,9-11,13H2,1-3H3,(H,22,28). The zero-order valence-corrected chi connectivity index (χ0v) is 16.9. The molecule has 0 spiro atoms. The lowest BCUT2D eigenvalue weighted by Crippen LogP contribution is -2.33. The average molecular weight is 380 g/mol. The molecule has 148 valence electrons. The van der Waals surface area contributed by atoms with Crippen LogP contribution in [0, 0.1) is 6.92 Å². The van der Waals surface area contributed by atoms with Gasteiger partial charge in [0.05, 0.1) is 5.52 Å². The van der Waals surface area contributed by atoms with Crippen LogP contribution in [0.25, 0.3) is 17.0 Å². The van der Waals surface area contributed by atoms with Crippen LogP contribution in [0.3, 0.4) is 0 Å². The van der Waals surface area contributed by atoms with Crippen molar-refractivity contribution in [3.63, 3.8) is 0 Å². The lowest BCUT2D eigenvalue weighted by atomic mass is 10.3. The summed E-state index contributed by atoms with van der Waals surface area (Å²) in [5, 5.41) is 3.04. The Labute approximate surface area is 165 Å². The maximum Gasteiger partial charge on any atom is 0.272 e. The summed E-state index contributed by atoms with van der Waals surface area (Å²) in [6, 6.07) is 6.12. The maximum atomic E-state index is 12.8. The van der Waals surface area contributed by atoms with Gasteiger partial charge in [0, 0.05) is 31.5 Å². The minimum atomic E-state index is -0.130. The molecule has 4 heterocycles. The summed E-state index contributed by atoms with van der Waals surface area (Å²) in [5.74, 6) is 1.51. The summed E-state index contributed by atoms with van der Waals surface area (Å²) in [6.07, 6.45) is 6.45. The van der Waals surface area contributed by atoms with E-state index in [1.807, 2.05) is 41.9 Å². The molecule has 0 saturated carbocycles. The molecule has 7 heteroatoms. The number of pyridine rings is 1. The number of fused-ring (bicyclic) bond motifs is 1. The van der Waals surface area contributed by atoms with Gasteiger partial charge in [-0.15, -0.1) is 0 Å². The Morgan fingerprint density at radius 1 is 1.21 bits per heavy atom. The number of hydrogen-bond acceptors (Lipinski definition) is 4. The van der Waals surface area contributed by atoms with E-state index < -0.39 is 0 Å².